The number of anilines is 2. The Morgan fingerprint density at radius 3 is 2.57 bits per heavy atom. The van der Waals surface area contributed by atoms with Crippen LogP contribution < -0.4 is 10.2 Å². The molecule has 1 fully saturated rings. The monoisotopic (exact) mass is 414 g/mol. The van der Waals surface area contributed by atoms with Gasteiger partial charge in [0.1, 0.15) is 0 Å². The van der Waals surface area contributed by atoms with E-state index in [0.29, 0.717) is 53.9 Å². The fraction of sp³-hybridized carbons (Fsp3) is 0.522. The van der Waals surface area contributed by atoms with E-state index in [2.05, 4.69) is 15.3 Å². The number of amides is 1. The van der Waals surface area contributed by atoms with Gasteiger partial charge in [0.2, 0.25) is 11.9 Å². The summed E-state index contributed by atoms with van der Waals surface area (Å²) in [6.45, 7) is 4.53. The van der Waals surface area contributed by atoms with Crippen LogP contribution in [0.4, 0.5) is 20.4 Å². The van der Waals surface area contributed by atoms with Gasteiger partial charge in [-0.2, -0.15) is 0 Å². The summed E-state index contributed by atoms with van der Waals surface area (Å²) in [6, 6.07) is 2.82. The van der Waals surface area contributed by atoms with Crippen molar-refractivity contribution >= 4 is 17.5 Å². The molecule has 0 unspecified atom stereocenters. The van der Waals surface area contributed by atoms with Gasteiger partial charge in [-0.1, -0.05) is 31.7 Å². The average Bonchev–Trinajstić information content (AvgIpc) is 3.25. The normalized spacial score (nSPS) is 16.6. The van der Waals surface area contributed by atoms with Crippen molar-refractivity contribution in [3.05, 3.63) is 46.3 Å². The topological polar surface area (TPSA) is 58.1 Å². The first kappa shape index (κ1) is 20.7. The zero-order chi connectivity index (χ0) is 21.3. The fourth-order valence-corrected chi connectivity index (χ4v) is 4.59. The summed E-state index contributed by atoms with van der Waals surface area (Å²) in [5, 5.41) is 2.97. The zero-order valence-corrected chi connectivity index (χ0v) is 17.6. The second-order valence-electron chi connectivity index (χ2n) is 8.48. The Bertz CT molecular complexity index is 933. The number of aromatic nitrogens is 2. The average molecular weight is 415 g/mol. The third-order valence-corrected chi connectivity index (χ3v) is 6.35. The second-order valence-corrected chi connectivity index (χ2v) is 8.48. The highest BCUT2D eigenvalue weighted by atomic mass is 19.2. The maximum Gasteiger partial charge on any atom is 0.226 e. The molecule has 0 spiro atoms. The van der Waals surface area contributed by atoms with Crippen LogP contribution in [0.5, 0.6) is 0 Å². The summed E-state index contributed by atoms with van der Waals surface area (Å²) < 4.78 is 27.9. The molecule has 0 atom stereocenters. The molecule has 0 bridgehead atoms. The predicted octanol–water partition coefficient (Wildman–Crippen LogP) is 4.84. The minimum Gasteiger partial charge on any atom is -0.336 e. The number of nitrogens with zero attached hydrogens (tertiary/aromatic N) is 3. The number of aryl methyl sites for hydroxylation is 2. The number of nitrogens with one attached hydrogen (secondary N) is 1. The number of benzene rings is 1. The smallest absolute Gasteiger partial charge is 0.226 e. The van der Waals surface area contributed by atoms with Gasteiger partial charge in [0.05, 0.1) is 17.1 Å². The Labute approximate surface area is 175 Å². The highest BCUT2D eigenvalue weighted by Crippen LogP contribution is 2.30. The van der Waals surface area contributed by atoms with E-state index in [9.17, 15) is 13.6 Å². The van der Waals surface area contributed by atoms with E-state index < -0.39 is 11.6 Å². The van der Waals surface area contributed by atoms with Gasteiger partial charge in [0.15, 0.2) is 11.6 Å². The lowest BCUT2D eigenvalue weighted by atomic mass is 9.99. The summed E-state index contributed by atoms with van der Waals surface area (Å²) in [5.74, 6) is -0.489. The van der Waals surface area contributed by atoms with Gasteiger partial charge < -0.3 is 10.2 Å². The number of rotatable bonds is 5. The maximum absolute atomic E-state index is 14.2. The highest BCUT2D eigenvalue weighted by molar-refractivity contribution is 5.91. The van der Waals surface area contributed by atoms with E-state index >= 15 is 0 Å². The van der Waals surface area contributed by atoms with E-state index in [4.69, 9.17) is 0 Å². The van der Waals surface area contributed by atoms with Crippen molar-refractivity contribution in [2.45, 2.75) is 65.3 Å². The van der Waals surface area contributed by atoms with Crippen molar-refractivity contribution in [1.82, 2.24) is 9.97 Å². The summed E-state index contributed by atoms with van der Waals surface area (Å²) in [6.07, 6.45) is 7.05. The molecule has 1 saturated carbocycles. The first-order chi connectivity index (χ1) is 14.4. The van der Waals surface area contributed by atoms with Crippen molar-refractivity contribution in [3.63, 3.8) is 0 Å². The van der Waals surface area contributed by atoms with E-state index in [1.165, 1.54) is 31.7 Å². The van der Waals surface area contributed by atoms with E-state index in [1.54, 1.807) is 6.07 Å². The molecule has 160 valence electrons. The molecule has 30 heavy (non-hydrogen) atoms. The van der Waals surface area contributed by atoms with Crippen LogP contribution in [0.3, 0.4) is 0 Å². The van der Waals surface area contributed by atoms with Gasteiger partial charge in [-0.15, -0.1) is 0 Å². The Balaban J connectivity index is 1.46. The van der Waals surface area contributed by atoms with Crippen LogP contribution >= 0.6 is 0 Å². The molecule has 7 heteroatoms. The van der Waals surface area contributed by atoms with Crippen LogP contribution in [0.1, 0.15) is 61.0 Å². The molecule has 1 aliphatic carbocycles. The van der Waals surface area contributed by atoms with Gasteiger partial charge in [-0.05, 0) is 44.2 Å². The van der Waals surface area contributed by atoms with Gasteiger partial charge in [0, 0.05) is 25.1 Å². The Kier molecular flexibility index (Phi) is 5.97. The molecule has 2 aliphatic rings. The SMILES string of the molecule is Cc1nc(N2CCc3ccc(F)c(F)c3C2)nc(C)c1NC(=O)CCC1CCCC1. The molecule has 1 amide bonds. The summed E-state index contributed by atoms with van der Waals surface area (Å²) in [7, 11) is 0. The highest BCUT2D eigenvalue weighted by Gasteiger charge is 2.24. The number of carbonyl (C=O) groups is 1. The van der Waals surface area contributed by atoms with Crippen molar-refractivity contribution in [2.75, 3.05) is 16.8 Å². The van der Waals surface area contributed by atoms with Crippen molar-refractivity contribution in [2.24, 2.45) is 5.92 Å². The lowest BCUT2D eigenvalue weighted by Gasteiger charge is -2.30. The standard InChI is InChI=1S/C23H28F2N4O/c1-14-22(28-20(30)10-7-16-5-3-4-6-16)15(2)27-23(26-14)29-12-11-17-8-9-19(24)21(25)18(17)13-29/h8-9,16H,3-7,10-13H2,1-2H3,(H,28,30). The number of fused-ring (bicyclic) bond motifs is 1. The molecule has 0 saturated heterocycles. The van der Waals surface area contributed by atoms with E-state index in [0.717, 1.165) is 12.0 Å². The molecule has 1 aliphatic heterocycles. The van der Waals surface area contributed by atoms with E-state index in [-0.39, 0.29) is 12.5 Å². The van der Waals surface area contributed by atoms with Gasteiger partial charge in [-0.3, -0.25) is 4.79 Å². The minimum atomic E-state index is -0.834. The lowest BCUT2D eigenvalue weighted by molar-refractivity contribution is -0.116. The van der Waals surface area contributed by atoms with Crippen LogP contribution in [-0.4, -0.2) is 22.4 Å². The van der Waals surface area contributed by atoms with Crippen molar-refractivity contribution in [1.29, 1.82) is 0 Å². The number of hydrogen-bond donors (Lipinski definition) is 1. The van der Waals surface area contributed by atoms with Crippen LogP contribution in [0.2, 0.25) is 0 Å². The van der Waals surface area contributed by atoms with Crippen LogP contribution in [0.15, 0.2) is 12.1 Å². The quantitative estimate of drug-likeness (QED) is 0.760. The Morgan fingerprint density at radius 1 is 1.17 bits per heavy atom. The third kappa shape index (κ3) is 4.30. The first-order valence-corrected chi connectivity index (χ1v) is 10.8. The van der Waals surface area contributed by atoms with Crippen LogP contribution in [0, 0.1) is 31.4 Å². The zero-order valence-electron chi connectivity index (χ0n) is 17.6. The molecule has 4 rings (SSSR count). The number of halogens is 2. The molecule has 2 aromatic rings. The van der Waals surface area contributed by atoms with Gasteiger partial charge in [0.25, 0.3) is 0 Å². The molecule has 0 radical (unpaired) electrons. The second kappa shape index (κ2) is 8.66. The summed E-state index contributed by atoms with van der Waals surface area (Å²) in [4.78, 5) is 23.4. The van der Waals surface area contributed by atoms with Crippen LogP contribution in [-0.2, 0) is 17.8 Å². The minimum absolute atomic E-state index is 0.00565. The number of carbonyl (C=O) groups excluding carboxylic acids is 1. The maximum atomic E-state index is 14.2. The molecule has 1 aromatic carbocycles. The lowest BCUT2D eigenvalue weighted by Crippen LogP contribution is -2.33. The molecule has 1 aromatic heterocycles. The Hall–Kier alpha value is -2.57. The predicted molar refractivity (Wildman–Crippen MR) is 112 cm³/mol. The fourth-order valence-electron chi connectivity index (χ4n) is 4.59. The Morgan fingerprint density at radius 2 is 1.87 bits per heavy atom. The van der Waals surface area contributed by atoms with E-state index in [1.807, 2.05) is 18.7 Å². The number of hydrogen-bond acceptors (Lipinski definition) is 4. The van der Waals surface area contributed by atoms with Crippen molar-refractivity contribution in [3.8, 4) is 0 Å². The first-order valence-electron chi connectivity index (χ1n) is 10.8. The molecule has 1 N–H and O–H groups in total. The summed E-state index contributed by atoms with van der Waals surface area (Å²) in [5.41, 5.74) is 3.19. The van der Waals surface area contributed by atoms with Crippen LogP contribution in [0.25, 0.3) is 0 Å². The van der Waals surface area contributed by atoms with Gasteiger partial charge >= 0.3 is 0 Å². The molecular formula is C23H28F2N4O. The van der Waals surface area contributed by atoms with Gasteiger partial charge in [-0.25, -0.2) is 18.7 Å². The third-order valence-electron chi connectivity index (χ3n) is 6.35. The largest absolute Gasteiger partial charge is 0.336 e. The summed E-state index contributed by atoms with van der Waals surface area (Å²) >= 11 is 0. The molecular weight excluding hydrogens is 386 g/mol. The molecule has 5 nitrogen and oxygen atoms in total. The van der Waals surface area contributed by atoms with Crippen molar-refractivity contribution < 1.29 is 13.6 Å². The molecule has 2 heterocycles.